The molecule has 1 heterocycles. The van der Waals surface area contributed by atoms with Crippen molar-refractivity contribution in [3.8, 4) is 11.1 Å². The summed E-state index contributed by atoms with van der Waals surface area (Å²) in [4.78, 5) is 25.7. The van der Waals surface area contributed by atoms with Gasteiger partial charge >= 0.3 is 5.97 Å². The van der Waals surface area contributed by atoms with Gasteiger partial charge in [-0.15, -0.1) is 0 Å². The molecule has 1 aliphatic rings. The fourth-order valence-corrected chi connectivity index (χ4v) is 6.28. The van der Waals surface area contributed by atoms with Crippen LogP contribution in [0.3, 0.4) is 0 Å². The number of benzene rings is 4. The molecule has 0 bridgehead atoms. The molecular formula is C41H48N2O7. The molecule has 9 nitrogen and oxygen atoms in total. The number of nitrogens with zero attached hydrogens (tertiary/aromatic N) is 1. The van der Waals surface area contributed by atoms with E-state index in [0.29, 0.717) is 13.1 Å². The lowest BCUT2D eigenvalue weighted by Gasteiger charge is -2.43. The van der Waals surface area contributed by atoms with Crippen LogP contribution in [-0.4, -0.2) is 58.8 Å². The Morgan fingerprint density at radius 3 is 2.20 bits per heavy atom. The van der Waals surface area contributed by atoms with Gasteiger partial charge < -0.3 is 29.7 Å². The number of nitrogens with one attached hydrogen (secondary N) is 1. The topological polar surface area (TPSA) is 118 Å². The molecule has 5 rings (SSSR count). The van der Waals surface area contributed by atoms with Crippen molar-refractivity contribution in [3.05, 3.63) is 131 Å². The van der Waals surface area contributed by atoms with E-state index in [4.69, 9.17) is 14.2 Å². The molecule has 3 N–H and O–H groups in total. The highest BCUT2D eigenvalue weighted by molar-refractivity contribution is 5.82. The molecular weight excluding hydrogens is 632 g/mol. The minimum Gasteiger partial charge on any atom is -0.453 e. The van der Waals surface area contributed by atoms with Gasteiger partial charge in [0.15, 0.2) is 12.4 Å². The van der Waals surface area contributed by atoms with E-state index in [0.717, 1.165) is 38.9 Å². The molecule has 0 aliphatic carbocycles. The van der Waals surface area contributed by atoms with Crippen molar-refractivity contribution in [3.63, 3.8) is 0 Å². The second kappa shape index (κ2) is 17.0. The first kappa shape index (κ1) is 36.9. The van der Waals surface area contributed by atoms with Crippen LogP contribution >= 0.6 is 0 Å². The molecule has 0 spiro atoms. The third-order valence-corrected chi connectivity index (χ3v) is 9.51. The summed E-state index contributed by atoms with van der Waals surface area (Å²) in [6, 6.07) is 33.4. The van der Waals surface area contributed by atoms with Crippen molar-refractivity contribution in [2.75, 3.05) is 13.6 Å². The molecule has 1 amide bonds. The number of rotatable bonds is 13. The van der Waals surface area contributed by atoms with Crippen LogP contribution in [-0.2, 0) is 37.0 Å². The van der Waals surface area contributed by atoms with Crippen LogP contribution in [0.2, 0.25) is 0 Å². The van der Waals surface area contributed by atoms with Crippen molar-refractivity contribution in [2.45, 2.75) is 77.6 Å². The number of hydrogen-bond donors (Lipinski definition) is 3. The van der Waals surface area contributed by atoms with Crippen LogP contribution in [0.5, 0.6) is 0 Å². The van der Waals surface area contributed by atoms with Gasteiger partial charge in [0.1, 0.15) is 0 Å². The number of esters is 1. The largest absolute Gasteiger partial charge is 0.453 e. The molecule has 4 aromatic rings. The summed E-state index contributed by atoms with van der Waals surface area (Å²) in [7, 11) is 2.01. The van der Waals surface area contributed by atoms with Gasteiger partial charge in [0, 0.05) is 37.5 Å². The number of likely N-dealkylation sites (N-methyl/N-ethyl adjacent to an activating group) is 1. The minimum atomic E-state index is -0.862. The van der Waals surface area contributed by atoms with E-state index in [-0.39, 0.29) is 36.7 Å². The van der Waals surface area contributed by atoms with E-state index < -0.39 is 24.5 Å². The summed E-state index contributed by atoms with van der Waals surface area (Å²) < 4.78 is 18.3. The molecule has 264 valence electrons. The summed E-state index contributed by atoms with van der Waals surface area (Å²) in [6.45, 7) is 7.83. The Kier molecular flexibility index (Phi) is 12.6. The summed E-state index contributed by atoms with van der Waals surface area (Å²) in [5.74, 6) is -0.861. The maximum atomic E-state index is 12.3. The van der Waals surface area contributed by atoms with Crippen molar-refractivity contribution in [1.82, 2.24) is 10.2 Å². The Morgan fingerprint density at radius 2 is 1.54 bits per heavy atom. The van der Waals surface area contributed by atoms with Gasteiger partial charge in [-0.05, 0) is 60.3 Å². The third-order valence-electron chi connectivity index (χ3n) is 9.51. The molecule has 1 saturated heterocycles. The number of amides is 1. The van der Waals surface area contributed by atoms with E-state index in [2.05, 4.69) is 17.1 Å². The summed E-state index contributed by atoms with van der Waals surface area (Å²) in [6.07, 6.45) is -2.61. The number of ether oxygens (including phenoxy) is 3. The predicted molar refractivity (Wildman–Crippen MR) is 191 cm³/mol. The first-order valence-electron chi connectivity index (χ1n) is 17.1. The lowest BCUT2D eigenvalue weighted by molar-refractivity contribution is -0.276. The molecule has 0 unspecified atom stereocenters. The molecule has 1 fully saturated rings. The monoisotopic (exact) mass is 680 g/mol. The van der Waals surface area contributed by atoms with Gasteiger partial charge in [-0.1, -0.05) is 104 Å². The van der Waals surface area contributed by atoms with E-state index in [9.17, 15) is 19.8 Å². The van der Waals surface area contributed by atoms with Gasteiger partial charge in [-0.2, -0.15) is 0 Å². The van der Waals surface area contributed by atoms with Crippen LogP contribution < -0.4 is 5.32 Å². The van der Waals surface area contributed by atoms with Crippen molar-refractivity contribution in [1.29, 1.82) is 0 Å². The average Bonchev–Trinajstić information content (AvgIpc) is 3.14. The van der Waals surface area contributed by atoms with E-state index in [1.165, 1.54) is 6.92 Å². The zero-order chi connectivity index (χ0) is 35.8. The number of aliphatic hydroxyl groups is 2. The summed E-state index contributed by atoms with van der Waals surface area (Å²) in [5, 5.41) is 23.6. The van der Waals surface area contributed by atoms with Crippen LogP contribution in [0.1, 0.15) is 74.0 Å². The first-order chi connectivity index (χ1) is 24.0. The van der Waals surface area contributed by atoms with Gasteiger partial charge in [-0.3, -0.25) is 14.5 Å². The Morgan fingerprint density at radius 1 is 0.860 bits per heavy atom. The quantitative estimate of drug-likeness (QED) is 0.142. The van der Waals surface area contributed by atoms with Crippen LogP contribution in [0.15, 0.2) is 103 Å². The molecule has 4 aromatic carbocycles. The number of aliphatic hydroxyl groups excluding tert-OH is 2. The van der Waals surface area contributed by atoms with Crippen molar-refractivity contribution >= 4 is 11.9 Å². The van der Waals surface area contributed by atoms with Crippen molar-refractivity contribution in [2.24, 2.45) is 5.92 Å². The van der Waals surface area contributed by atoms with E-state index >= 15 is 0 Å². The third kappa shape index (κ3) is 9.24. The second-order valence-electron chi connectivity index (χ2n) is 13.1. The standard InChI is InChI=1S/C41H48N2O7/c1-26-37(24-43(5)27(2)38(46)33-11-7-6-8-12-33)49-41(50-39(26)34-16-14-30(25-44)15-17-34)35-20-18-32(19-21-35)36-13-9-10-31(22-36)23-42-40(47)28(3)48-29(4)45/h6-22,26-28,37-39,41,44,46H,23-25H2,1-5H3,(H,42,47)/t26-,27-,28+,37+,38-,39+,41+/m1/s1. The Bertz CT molecular complexity index is 1700. The molecule has 1 aliphatic heterocycles. The molecule has 0 radical (unpaired) electrons. The SMILES string of the molecule is CC(=O)O[C@@H](C)C(=O)NCc1cccc(-c2ccc([C@H]3O[C@@H](CN(C)[C@H](C)[C@@H](O)c4ccccc4)[C@@H](C)[C@@H](c4ccc(CO)cc4)O3)cc2)c1. The molecule has 0 aromatic heterocycles. The lowest BCUT2D eigenvalue weighted by Crippen LogP contribution is -2.46. The van der Waals surface area contributed by atoms with Gasteiger partial charge in [0.2, 0.25) is 0 Å². The van der Waals surface area contributed by atoms with Crippen LogP contribution in [0.25, 0.3) is 11.1 Å². The minimum absolute atomic E-state index is 0.00532. The smallest absolute Gasteiger partial charge is 0.303 e. The Labute approximate surface area is 294 Å². The predicted octanol–water partition coefficient (Wildman–Crippen LogP) is 6.26. The highest BCUT2D eigenvalue weighted by Crippen LogP contribution is 2.42. The Hall–Kier alpha value is -4.38. The fraction of sp³-hybridized carbons (Fsp3) is 0.366. The maximum Gasteiger partial charge on any atom is 0.303 e. The molecule has 50 heavy (non-hydrogen) atoms. The molecule has 9 heteroatoms. The summed E-state index contributed by atoms with van der Waals surface area (Å²) in [5.41, 5.74) is 6.50. The number of carbonyl (C=O) groups excluding carboxylic acids is 2. The summed E-state index contributed by atoms with van der Waals surface area (Å²) >= 11 is 0. The van der Waals surface area contributed by atoms with E-state index in [1.807, 2.05) is 117 Å². The van der Waals surface area contributed by atoms with Crippen molar-refractivity contribution < 1.29 is 34.0 Å². The maximum absolute atomic E-state index is 12.3. The normalized spacial score (nSPS) is 20.9. The van der Waals surface area contributed by atoms with Crippen LogP contribution in [0.4, 0.5) is 0 Å². The highest BCUT2D eigenvalue weighted by atomic mass is 16.7. The zero-order valence-electron chi connectivity index (χ0n) is 29.4. The first-order valence-corrected chi connectivity index (χ1v) is 17.1. The van der Waals surface area contributed by atoms with Gasteiger partial charge in [0.05, 0.1) is 24.9 Å². The highest BCUT2D eigenvalue weighted by Gasteiger charge is 2.39. The zero-order valence-corrected chi connectivity index (χ0v) is 29.4. The lowest BCUT2D eigenvalue weighted by atomic mass is 9.89. The Balaban J connectivity index is 1.32. The molecule has 7 atom stereocenters. The fourth-order valence-electron chi connectivity index (χ4n) is 6.28. The van der Waals surface area contributed by atoms with E-state index in [1.54, 1.807) is 6.92 Å². The number of carbonyl (C=O) groups is 2. The molecule has 0 saturated carbocycles. The van der Waals surface area contributed by atoms with Gasteiger partial charge in [0.25, 0.3) is 5.91 Å². The number of hydrogen-bond acceptors (Lipinski definition) is 8. The second-order valence-corrected chi connectivity index (χ2v) is 13.1. The van der Waals surface area contributed by atoms with Gasteiger partial charge in [-0.25, -0.2) is 0 Å². The average molecular weight is 681 g/mol. The van der Waals surface area contributed by atoms with Crippen LogP contribution in [0, 0.1) is 5.92 Å².